The highest BCUT2D eigenvalue weighted by Gasteiger charge is 2.37. The zero-order valence-corrected chi connectivity index (χ0v) is 18.8. The lowest BCUT2D eigenvalue weighted by molar-refractivity contribution is -0.158. The van der Waals surface area contributed by atoms with Gasteiger partial charge in [-0.05, 0) is 43.0 Å². The van der Waals surface area contributed by atoms with Gasteiger partial charge in [-0.15, -0.1) is 0 Å². The molecule has 7 nitrogen and oxygen atoms in total. The lowest BCUT2D eigenvalue weighted by Gasteiger charge is -2.42. The van der Waals surface area contributed by atoms with Crippen molar-refractivity contribution in [3.63, 3.8) is 0 Å². The Kier molecular flexibility index (Phi) is 6.91. The summed E-state index contributed by atoms with van der Waals surface area (Å²) in [6.45, 7) is 4.79. The van der Waals surface area contributed by atoms with Gasteiger partial charge in [0.25, 0.3) is 0 Å². The number of piperidine rings is 1. The number of benzene rings is 2. The van der Waals surface area contributed by atoms with Crippen LogP contribution in [0.5, 0.6) is 0 Å². The predicted molar refractivity (Wildman–Crippen MR) is 122 cm³/mol. The van der Waals surface area contributed by atoms with Gasteiger partial charge in [0.15, 0.2) is 0 Å². The molecule has 0 spiro atoms. The number of aryl methyl sites for hydroxylation is 1. The molecule has 2 heterocycles. The van der Waals surface area contributed by atoms with Crippen LogP contribution in [0.1, 0.15) is 29.5 Å². The van der Waals surface area contributed by atoms with Gasteiger partial charge in [-0.1, -0.05) is 42.0 Å². The second-order valence-electron chi connectivity index (χ2n) is 8.71. The largest absolute Gasteiger partial charge is 0.334 e. The monoisotopic (exact) mass is 452 g/mol. The first-order chi connectivity index (χ1) is 15.9. The topological polar surface area (TPSA) is 73.0 Å². The first-order valence-electron chi connectivity index (χ1n) is 11.3. The van der Waals surface area contributed by atoms with Crippen molar-refractivity contribution >= 4 is 17.8 Å². The number of nitrogens with one attached hydrogen (secondary N) is 1. The highest BCUT2D eigenvalue weighted by Crippen LogP contribution is 2.21. The van der Waals surface area contributed by atoms with E-state index in [4.69, 9.17) is 0 Å². The van der Waals surface area contributed by atoms with Gasteiger partial charge in [-0.2, -0.15) is 0 Å². The van der Waals surface area contributed by atoms with Gasteiger partial charge in [0.05, 0.1) is 0 Å². The van der Waals surface area contributed by atoms with E-state index < -0.39 is 11.8 Å². The SMILES string of the molecule is Cc1ccc(CNC(=O)N2CCC(N3CCN(Cc4ccc(F)cc4)C(=O)C3=O)CC2)cc1. The van der Waals surface area contributed by atoms with E-state index in [0.29, 0.717) is 45.6 Å². The van der Waals surface area contributed by atoms with Crippen molar-refractivity contribution in [2.75, 3.05) is 26.2 Å². The molecular weight excluding hydrogens is 423 g/mol. The lowest BCUT2D eigenvalue weighted by atomic mass is 10.0. The predicted octanol–water partition coefficient (Wildman–Crippen LogP) is 2.68. The zero-order valence-electron chi connectivity index (χ0n) is 18.8. The maximum absolute atomic E-state index is 13.1. The quantitative estimate of drug-likeness (QED) is 0.709. The lowest BCUT2D eigenvalue weighted by Crippen LogP contribution is -2.59. The first kappa shape index (κ1) is 22.8. The van der Waals surface area contributed by atoms with Gasteiger partial charge in [0, 0.05) is 45.3 Å². The molecule has 0 atom stereocenters. The van der Waals surface area contributed by atoms with Gasteiger partial charge < -0.3 is 20.0 Å². The molecule has 0 aliphatic carbocycles. The molecule has 174 valence electrons. The molecule has 2 aliphatic rings. The van der Waals surface area contributed by atoms with Crippen LogP contribution in [0.15, 0.2) is 48.5 Å². The molecular formula is C25H29FN4O3. The van der Waals surface area contributed by atoms with Gasteiger partial charge in [-0.25, -0.2) is 9.18 Å². The molecule has 0 bridgehead atoms. The van der Waals surface area contributed by atoms with Crippen molar-refractivity contribution in [2.24, 2.45) is 0 Å². The van der Waals surface area contributed by atoms with Gasteiger partial charge in [-0.3, -0.25) is 9.59 Å². The van der Waals surface area contributed by atoms with Gasteiger partial charge in [0.1, 0.15) is 5.82 Å². The molecule has 0 aromatic heterocycles. The number of rotatable bonds is 5. The van der Waals surface area contributed by atoms with Crippen LogP contribution in [-0.4, -0.2) is 64.8 Å². The number of nitrogens with zero attached hydrogens (tertiary/aromatic N) is 3. The molecule has 8 heteroatoms. The third kappa shape index (κ3) is 5.50. The number of hydrogen-bond donors (Lipinski definition) is 1. The average Bonchev–Trinajstić information content (AvgIpc) is 2.83. The standard InChI is InChI=1S/C25H29FN4O3/c1-18-2-4-19(5-3-18)16-27-25(33)28-12-10-22(11-13-28)30-15-14-29(23(31)24(30)32)17-20-6-8-21(26)9-7-20/h2-9,22H,10-17H2,1H3,(H,27,33). The Hall–Kier alpha value is -3.42. The Balaban J connectivity index is 1.25. The van der Waals surface area contributed by atoms with Gasteiger partial charge >= 0.3 is 17.8 Å². The number of halogens is 1. The molecule has 2 aromatic rings. The van der Waals surface area contributed by atoms with Crippen LogP contribution in [0.2, 0.25) is 0 Å². The van der Waals surface area contributed by atoms with Crippen molar-refractivity contribution in [2.45, 2.75) is 38.9 Å². The third-order valence-electron chi connectivity index (χ3n) is 6.39. The minimum atomic E-state index is -0.524. The van der Waals surface area contributed by atoms with Crippen LogP contribution >= 0.6 is 0 Å². The fourth-order valence-corrected chi connectivity index (χ4v) is 4.38. The number of piperazine rings is 1. The highest BCUT2D eigenvalue weighted by atomic mass is 19.1. The Morgan fingerprint density at radius 2 is 1.55 bits per heavy atom. The van der Waals surface area contributed by atoms with E-state index in [1.807, 2.05) is 31.2 Å². The molecule has 33 heavy (non-hydrogen) atoms. The number of hydrogen-bond acceptors (Lipinski definition) is 3. The number of carbonyl (C=O) groups is 3. The first-order valence-corrected chi connectivity index (χ1v) is 11.3. The van der Waals surface area contributed by atoms with Crippen LogP contribution in [0.4, 0.5) is 9.18 Å². The molecule has 0 saturated carbocycles. The molecule has 1 N–H and O–H groups in total. The maximum Gasteiger partial charge on any atom is 0.317 e. The van der Waals surface area contributed by atoms with Crippen molar-refractivity contribution in [3.8, 4) is 0 Å². The molecule has 4 amide bonds. The summed E-state index contributed by atoms with van der Waals surface area (Å²) >= 11 is 0. The third-order valence-corrected chi connectivity index (χ3v) is 6.39. The van der Waals surface area contributed by atoms with Crippen LogP contribution in [0.3, 0.4) is 0 Å². The summed E-state index contributed by atoms with van der Waals surface area (Å²) in [6, 6.07) is 13.8. The Bertz CT molecular complexity index is 1000. The second-order valence-corrected chi connectivity index (χ2v) is 8.71. The minimum absolute atomic E-state index is 0.0458. The van der Waals surface area contributed by atoms with Crippen LogP contribution < -0.4 is 5.32 Å². The summed E-state index contributed by atoms with van der Waals surface area (Å²) in [5, 5.41) is 2.95. The van der Waals surface area contributed by atoms with Crippen molar-refractivity contribution < 1.29 is 18.8 Å². The number of amides is 4. The van der Waals surface area contributed by atoms with E-state index in [1.165, 1.54) is 22.6 Å². The van der Waals surface area contributed by atoms with Crippen LogP contribution in [0, 0.1) is 12.7 Å². The number of likely N-dealkylation sites (tertiary alicyclic amines) is 1. The van der Waals surface area contributed by atoms with Crippen molar-refractivity contribution in [1.29, 1.82) is 0 Å². The second kappa shape index (κ2) is 10.0. The summed E-state index contributed by atoms with van der Waals surface area (Å²) < 4.78 is 13.1. The molecule has 4 rings (SSSR count). The Morgan fingerprint density at radius 3 is 2.21 bits per heavy atom. The summed E-state index contributed by atoms with van der Waals surface area (Å²) in [4.78, 5) is 42.9. The number of urea groups is 1. The maximum atomic E-state index is 13.1. The molecule has 2 saturated heterocycles. The van der Waals surface area contributed by atoms with E-state index in [1.54, 1.807) is 21.9 Å². The van der Waals surface area contributed by atoms with E-state index in [0.717, 1.165) is 11.1 Å². The zero-order chi connectivity index (χ0) is 23.4. The molecule has 0 radical (unpaired) electrons. The summed E-state index contributed by atoms with van der Waals surface area (Å²) in [5.41, 5.74) is 3.01. The summed E-state index contributed by atoms with van der Waals surface area (Å²) in [7, 11) is 0. The molecule has 2 aliphatic heterocycles. The smallest absolute Gasteiger partial charge is 0.317 e. The van der Waals surface area contributed by atoms with Crippen molar-refractivity contribution in [1.82, 2.24) is 20.0 Å². The van der Waals surface area contributed by atoms with E-state index >= 15 is 0 Å². The fourth-order valence-electron chi connectivity index (χ4n) is 4.38. The highest BCUT2D eigenvalue weighted by molar-refractivity contribution is 6.35. The van der Waals surface area contributed by atoms with Gasteiger partial charge in [0.2, 0.25) is 0 Å². The molecule has 2 aromatic carbocycles. The fraction of sp³-hybridized carbons (Fsp3) is 0.400. The van der Waals surface area contributed by atoms with E-state index in [9.17, 15) is 18.8 Å². The summed E-state index contributed by atoms with van der Waals surface area (Å²) in [6.07, 6.45) is 1.30. The van der Waals surface area contributed by atoms with Crippen molar-refractivity contribution in [3.05, 3.63) is 71.0 Å². The number of carbonyl (C=O) groups excluding carboxylic acids is 3. The molecule has 2 fully saturated rings. The van der Waals surface area contributed by atoms with E-state index in [-0.39, 0.29) is 24.4 Å². The Labute approximate surface area is 193 Å². The normalized spacial score (nSPS) is 17.5. The average molecular weight is 453 g/mol. The summed E-state index contributed by atoms with van der Waals surface area (Å²) in [5.74, 6) is -1.35. The minimum Gasteiger partial charge on any atom is -0.334 e. The van der Waals surface area contributed by atoms with Crippen LogP contribution in [0.25, 0.3) is 0 Å². The van der Waals surface area contributed by atoms with E-state index in [2.05, 4.69) is 5.32 Å². The Morgan fingerprint density at radius 1 is 0.909 bits per heavy atom. The van der Waals surface area contributed by atoms with Crippen LogP contribution in [-0.2, 0) is 22.7 Å². The molecule has 0 unspecified atom stereocenters.